The molecule has 1 aromatic heterocycles. The van der Waals surface area contributed by atoms with Gasteiger partial charge in [0, 0.05) is 34.9 Å². The number of nitrogens with zero attached hydrogens (tertiary/aromatic N) is 3. The van der Waals surface area contributed by atoms with Crippen LogP contribution in [0.2, 0.25) is 5.02 Å². The molecule has 4 nitrogen and oxygen atoms in total. The van der Waals surface area contributed by atoms with Gasteiger partial charge in [-0.2, -0.15) is 5.10 Å². The van der Waals surface area contributed by atoms with Crippen molar-refractivity contribution >= 4 is 23.1 Å². The standard InChI is InChI=1S/C19H18ClFN4/c1-12-16(21)3-2-4-17(12)25-19(22)14(10-23-25)11-24-8-7-13-9-15(20)5-6-18(13)24/h2-6,9-10H,7-8,11,22H2,1H3. The number of halogens is 2. The maximum absolute atomic E-state index is 13.8. The lowest BCUT2D eigenvalue weighted by atomic mass is 10.2. The van der Waals surface area contributed by atoms with Crippen molar-refractivity contribution in [3.8, 4) is 5.69 Å². The molecule has 0 saturated heterocycles. The van der Waals surface area contributed by atoms with Gasteiger partial charge in [-0.3, -0.25) is 0 Å². The average Bonchev–Trinajstić information content (AvgIpc) is 3.15. The Kier molecular flexibility index (Phi) is 3.88. The fourth-order valence-corrected chi connectivity index (χ4v) is 3.53. The van der Waals surface area contributed by atoms with Gasteiger partial charge in [-0.05, 0) is 49.2 Å². The van der Waals surface area contributed by atoms with Crippen molar-refractivity contribution in [1.29, 1.82) is 0 Å². The molecular formula is C19H18ClFN4. The molecule has 4 rings (SSSR count). The highest BCUT2D eigenvalue weighted by molar-refractivity contribution is 6.30. The Bertz CT molecular complexity index is 951. The molecule has 0 saturated carbocycles. The summed E-state index contributed by atoms with van der Waals surface area (Å²) in [5.41, 5.74) is 10.9. The molecule has 0 fully saturated rings. The fraction of sp³-hybridized carbons (Fsp3) is 0.211. The van der Waals surface area contributed by atoms with Crippen LogP contribution in [0.3, 0.4) is 0 Å². The second-order valence-corrected chi connectivity index (χ2v) is 6.73. The zero-order valence-corrected chi connectivity index (χ0v) is 14.6. The van der Waals surface area contributed by atoms with Gasteiger partial charge in [0.25, 0.3) is 0 Å². The fourth-order valence-electron chi connectivity index (χ4n) is 3.34. The summed E-state index contributed by atoms with van der Waals surface area (Å²) in [5.74, 6) is 0.274. The van der Waals surface area contributed by atoms with E-state index in [0.29, 0.717) is 23.6 Å². The smallest absolute Gasteiger partial charge is 0.132 e. The van der Waals surface area contributed by atoms with Gasteiger partial charge in [0.1, 0.15) is 11.6 Å². The van der Waals surface area contributed by atoms with Crippen LogP contribution in [0.15, 0.2) is 42.6 Å². The molecule has 128 valence electrons. The second kappa shape index (κ2) is 6.08. The minimum absolute atomic E-state index is 0.265. The van der Waals surface area contributed by atoms with Crippen LogP contribution in [-0.4, -0.2) is 16.3 Å². The lowest BCUT2D eigenvalue weighted by molar-refractivity contribution is 0.615. The molecule has 1 aliphatic heterocycles. The number of benzene rings is 2. The Hall–Kier alpha value is -2.53. The molecule has 0 radical (unpaired) electrons. The molecule has 2 heterocycles. The zero-order valence-electron chi connectivity index (χ0n) is 13.8. The number of nitrogens with two attached hydrogens (primary N) is 1. The van der Waals surface area contributed by atoms with E-state index in [-0.39, 0.29) is 5.82 Å². The number of hydrogen-bond donors (Lipinski definition) is 1. The molecule has 0 amide bonds. The summed E-state index contributed by atoms with van der Waals surface area (Å²) >= 11 is 6.07. The monoisotopic (exact) mass is 356 g/mol. The first-order valence-electron chi connectivity index (χ1n) is 8.16. The lowest BCUT2D eigenvalue weighted by Crippen LogP contribution is -2.20. The Labute approximate surface area is 150 Å². The van der Waals surface area contributed by atoms with Crippen LogP contribution >= 0.6 is 11.6 Å². The SMILES string of the molecule is Cc1c(F)cccc1-n1ncc(CN2CCc3cc(Cl)ccc32)c1N. The Morgan fingerprint density at radius 3 is 2.92 bits per heavy atom. The van der Waals surface area contributed by atoms with Crippen LogP contribution in [0.25, 0.3) is 5.69 Å². The van der Waals surface area contributed by atoms with Gasteiger partial charge in [-0.1, -0.05) is 17.7 Å². The zero-order chi connectivity index (χ0) is 17.6. The molecule has 0 aliphatic carbocycles. The van der Waals surface area contributed by atoms with Gasteiger partial charge in [-0.15, -0.1) is 0 Å². The number of hydrogen-bond acceptors (Lipinski definition) is 3. The number of aromatic nitrogens is 2. The van der Waals surface area contributed by atoms with E-state index in [1.807, 2.05) is 24.3 Å². The van der Waals surface area contributed by atoms with E-state index < -0.39 is 0 Å². The van der Waals surface area contributed by atoms with Gasteiger partial charge in [-0.25, -0.2) is 9.07 Å². The third kappa shape index (κ3) is 2.74. The molecule has 6 heteroatoms. The molecule has 0 atom stereocenters. The van der Waals surface area contributed by atoms with Gasteiger partial charge >= 0.3 is 0 Å². The maximum atomic E-state index is 13.8. The summed E-state index contributed by atoms with van der Waals surface area (Å²) in [6, 6.07) is 10.9. The topological polar surface area (TPSA) is 47.1 Å². The highest BCUT2D eigenvalue weighted by Crippen LogP contribution is 2.32. The molecule has 2 N–H and O–H groups in total. The van der Waals surface area contributed by atoms with Crippen molar-refractivity contribution in [1.82, 2.24) is 9.78 Å². The molecular weight excluding hydrogens is 339 g/mol. The van der Waals surface area contributed by atoms with Crippen molar-refractivity contribution in [3.63, 3.8) is 0 Å². The lowest BCUT2D eigenvalue weighted by Gasteiger charge is -2.19. The summed E-state index contributed by atoms with van der Waals surface area (Å²) in [6.45, 7) is 3.31. The van der Waals surface area contributed by atoms with Crippen molar-refractivity contribution < 1.29 is 4.39 Å². The first kappa shape index (κ1) is 16.0. The van der Waals surface area contributed by atoms with Crippen molar-refractivity contribution in [3.05, 3.63) is 70.1 Å². The number of rotatable bonds is 3. The van der Waals surface area contributed by atoms with Crippen LogP contribution in [0.4, 0.5) is 15.9 Å². The second-order valence-electron chi connectivity index (χ2n) is 6.30. The molecule has 3 aromatic rings. The van der Waals surface area contributed by atoms with E-state index in [1.54, 1.807) is 23.9 Å². The minimum Gasteiger partial charge on any atom is -0.383 e. The predicted octanol–water partition coefficient (Wildman–Crippen LogP) is 4.12. The summed E-state index contributed by atoms with van der Waals surface area (Å²) in [6.07, 6.45) is 2.72. The predicted molar refractivity (Wildman–Crippen MR) is 98.9 cm³/mol. The number of nitrogen functional groups attached to an aromatic ring is 1. The van der Waals surface area contributed by atoms with Crippen molar-refractivity contribution in [2.24, 2.45) is 0 Å². The van der Waals surface area contributed by atoms with Gasteiger partial charge in [0.2, 0.25) is 0 Å². The molecule has 0 unspecified atom stereocenters. The van der Waals surface area contributed by atoms with Gasteiger partial charge < -0.3 is 10.6 Å². The Morgan fingerprint density at radius 1 is 1.24 bits per heavy atom. The number of fused-ring (bicyclic) bond motifs is 1. The largest absolute Gasteiger partial charge is 0.383 e. The third-order valence-electron chi connectivity index (χ3n) is 4.75. The molecule has 25 heavy (non-hydrogen) atoms. The molecule has 0 spiro atoms. The summed E-state index contributed by atoms with van der Waals surface area (Å²) < 4.78 is 15.4. The average molecular weight is 357 g/mol. The van der Waals surface area contributed by atoms with E-state index in [9.17, 15) is 4.39 Å². The van der Waals surface area contributed by atoms with Crippen LogP contribution in [0.5, 0.6) is 0 Å². The molecule has 2 aromatic carbocycles. The normalized spacial score (nSPS) is 13.3. The Morgan fingerprint density at radius 2 is 2.08 bits per heavy atom. The van der Waals surface area contributed by atoms with Gasteiger partial charge in [0.15, 0.2) is 0 Å². The maximum Gasteiger partial charge on any atom is 0.132 e. The number of anilines is 2. The van der Waals surface area contributed by atoms with Gasteiger partial charge in [0.05, 0.1) is 11.9 Å². The van der Waals surface area contributed by atoms with E-state index >= 15 is 0 Å². The minimum atomic E-state index is -0.265. The van der Waals surface area contributed by atoms with E-state index in [1.165, 1.54) is 17.3 Å². The van der Waals surface area contributed by atoms with Crippen molar-refractivity contribution in [2.75, 3.05) is 17.2 Å². The quantitative estimate of drug-likeness (QED) is 0.768. The van der Waals surface area contributed by atoms with Crippen LogP contribution in [-0.2, 0) is 13.0 Å². The molecule has 1 aliphatic rings. The van der Waals surface area contributed by atoms with E-state index in [4.69, 9.17) is 17.3 Å². The van der Waals surface area contributed by atoms with E-state index in [0.717, 1.165) is 23.6 Å². The highest BCUT2D eigenvalue weighted by Gasteiger charge is 2.21. The summed E-state index contributed by atoms with van der Waals surface area (Å²) in [5, 5.41) is 5.14. The van der Waals surface area contributed by atoms with Crippen LogP contribution in [0.1, 0.15) is 16.7 Å². The highest BCUT2D eigenvalue weighted by atomic mass is 35.5. The Balaban J connectivity index is 1.64. The molecule has 0 bridgehead atoms. The summed E-state index contributed by atoms with van der Waals surface area (Å²) in [4.78, 5) is 2.27. The van der Waals surface area contributed by atoms with E-state index in [2.05, 4.69) is 10.00 Å². The third-order valence-corrected chi connectivity index (χ3v) is 4.98. The van der Waals surface area contributed by atoms with Crippen molar-refractivity contribution in [2.45, 2.75) is 19.9 Å². The van der Waals surface area contributed by atoms with Crippen LogP contribution < -0.4 is 10.6 Å². The summed E-state index contributed by atoms with van der Waals surface area (Å²) in [7, 11) is 0. The van der Waals surface area contributed by atoms with Crippen LogP contribution in [0, 0.1) is 12.7 Å². The first-order valence-corrected chi connectivity index (χ1v) is 8.53. The first-order chi connectivity index (χ1) is 12.0.